The van der Waals surface area contributed by atoms with E-state index in [-0.39, 0.29) is 59.2 Å². The molecule has 7 rings (SSSR count). The molecule has 6 unspecified atom stereocenters. The van der Waals surface area contributed by atoms with Gasteiger partial charge in [0, 0.05) is 12.5 Å². The van der Waals surface area contributed by atoms with Crippen molar-refractivity contribution in [2.75, 3.05) is 18.6 Å². The Bertz CT molecular complexity index is 1880. The number of hydrogen-bond donors (Lipinski definition) is 2. The summed E-state index contributed by atoms with van der Waals surface area (Å²) in [6, 6.07) is 15.1. The van der Waals surface area contributed by atoms with Crippen LogP contribution in [-0.2, 0) is 25.6 Å². The quantitative estimate of drug-likeness (QED) is 0.270. The molecule has 2 heterocycles. The number of phenols is 2. The van der Waals surface area contributed by atoms with Gasteiger partial charge in [-0.05, 0) is 85.7 Å². The SMILES string of the molecule is COc1ccc(C2C3=CCC4C(=O)N(CCc5ccc(O)cc5)C(=O)C4C3CC3C(=O)N(c4ccc(F)c(Cl)c4)C(=O)C32C)cc1O. The van der Waals surface area contributed by atoms with Gasteiger partial charge < -0.3 is 14.9 Å². The minimum absolute atomic E-state index is 0.122. The molecule has 3 fully saturated rings. The van der Waals surface area contributed by atoms with Gasteiger partial charge in [0.25, 0.3) is 0 Å². The highest BCUT2D eigenvalue weighted by Gasteiger charge is 2.67. The Labute approximate surface area is 275 Å². The maximum absolute atomic E-state index is 14.5. The zero-order valence-corrected chi connectivity index (χ0v) is 26.4. The van der Waals surface area contributed by atoms with Crippen LogP contribution in [0.5, 0.6) is 17.2 Å². The Balaban J connectivity index is 1.29. The second-order valence-electron chi connectivity index (χ2n) is 12.9. The first-order chi connectivity index (χ1) is 22.4. The molecule has 2 N–H and O–H groups in total. The molecule has 0 radical (unpaired) electrons. The summed E-state index contributed by atoms with van der Waals surface area (Å²) in [6.07, 6.45) is 2.79. The van der Waals surface area contributed by atoms with E-state index in [0.717, 1.165) is 22.1 Å². The summed E-state index contributed by atoms with van der Waals surface area (Å²) in [5, 5.41) is 20.2. The molecular weight excluding hydrogens is 627 g/mol. The lowest BCUT2D eigenvalue weighted by Crippen LogP contribution is -2.48. The van der Waals surface area contributed by atoms with E-state index in [1.54, 1.807) is 43.3 Å². The zero-order chi connectivity index (χ0) is 33.4. The van der Waals surface area contributed by atoms with Crippen LogP contribution in [0, 0.1) is 34.9 Å². The second kappa shape index (κ2) is 11.2. The van der Waals surface area contributed by atoms with E-state index in [2.05, 4.69) is 0 Å². The third-order valence-electron chi connectivity index (χ3n) is 10.6. The summed E-state index contributed by atoms with van der Waals surface area (Å²) in [5.74, 6) is -5.52. The molecule has 2 aliphatic heterocycles. The number of carbonyl (C=O) groups excluding carboxylic acids is 4. The third-order valence-corrected chi connectivity index (χ3v) is 10.9. The van der Waals surface area contributed by atoms with E-state index in [4.69, 9.17) is 16.3 Å². The largest absolute Gasteiger partial charge is 0.508 e. The average molecular weight is 659 g/mol. The summed E-state index contributed by atoms with van der Waals surface area (Å²) in [4.78, 5) is 58.9. The number of aromatic hydroxyl groups is 2. The molecule has 4 amide bonds. The van der Waals surface area contributed by atoms with Crippen LogP contribution >= 0.6 is 11.6 Å². The minimum atomic E-state index is -1.33. The van der Waals surface area contributed by atoms with Gasteiger partial charge in [-0.3, -0.25) is 24.1 Å². The van der Waals surface area contributed by atoms with Crippen LogP contribution in [0.15, 0.2) is 72.3 Å². The molecule has 0 spiro atoms. The first-order valence-electron chi connectivity index (χ1n) is 15.5. The van der Waals surface area contributed by atoms with Crippen LogP contribution in [0.2, 0.25) is 5.02 Å². The van der Waals surface area contributed by atoms with Gasteiger partial charge in [-0.25, -0.2) is 9.29 Å². The number of hydrogen-bond acceptors (Lipinski definition) is 7. The van der Waals surface area contributed by atoms with E-state index in [9.17, 15) is 33.8 Å². The molecule has 9 nitrogen and oxygen atoms in total. The number of halogens is 2. The normalized spacial score (nSPS) is 28.3. The average Bonchev–Trinajstić information content (AvgIpc) is 3.41. The minimum Gasteiger partial charge on any atom is -0.508 e. The molecule has 2 saturated heterocycles. The number of imide groups is 2. The number of nitrogens with zero attached hydrogens (tertiary/aromatic N) is 2. The second-order valence-corrected chi connectivity index (χ2v) is 13.3. The molecule has 11 heteroatoms. The van der Waals surface area contributed by atoms with E-state index in [0.29, 0.717) is 12.0 Å². The standard InChI is InChI=1S/C36H32ClFN2O7/c1-36-25(33(44)40(35(36)46)20-6-11-27(38)26(37)16-20)17-24-22(31(36)19-5-12-29(47-2)28(42)15-19)9-10-23-30(24)34(45)39(32(23)43)14-13-18-3-7-21(41)8-4-18/h3-9,11-12,15-16,23-25,30-31,41-42H,10,13-14,17H2,1-2H3. The number of phenolic OH excluding ortho intramolecular Hbond substituents is 2. The van der Waals surface area contributed by atoms with Gasteiger partial charge in [-0.1, -0.05) is 41.4 Å². The van der Waals surface area contributed by atoms with Crippen LogP contribution < -0.4 is 9.64 Å². The molecule has 47 heavy (non-hydrogen) atoms. The van der Waals surface area contributed by atoms with Crippen molar-refractivity contribution in [2.24, 2.45) is 29.1 Å². The van der Waals surface area contributed by atoms with Crippen LogP contribution in [0.3, 0.4) is 0 Å². The highest BCUT2D eigenvalue weighted by molar-refractivity contribution is 6.31. The summed E-state index contributed by atoms with van der Waals surface area (Å²) in [6.45, 7) is 1.90. The molecule has 3 aromatic carbocycles. The van der Waals surface area contributed by atoms with Gasteiger partial charge in [0.2, 0.25) is 23.6 Å². The maximum atomic E-state index is 14.5. The predicted molar refractivity (Wildman–Crippen MR) is 169 cm³/mol. The van der Waals surface area contributed by atoms with Crippen molar-refractivity contribution in [1.82, 2.24) is 4.90 Å². The van der Waals surface area contributed by atoms with Crippen molar-refractivity contribution in [1.29, 1.82) is 0 Å². The van der Waals surface area contributed by atoms with E-state index >= 15 is 0 Å². The fourth-order valence-corrected chi connectivity index (χ4v) is 8.52. The molecular formula is C36H32ClFN2O7. The monoisotopic (exact) mass is 658 g/mol. The van der Waals surface area contributed by atoms with Crippen molar-refractivity contribution in [2.45, 2.75) is 32.1 Å². The van der Waals surface area contributed by atoms with Gasteiger partial charge in [-0.2, -0.15) is 0 Å². The van der Waals surface area contributed by atoms with Gasteiger partial charge in [0.1, 0.15) is 11.6 Å². The summed E-state index contributed by atoms with van der Waals surface area (Å²) < 4.78 is 19.3. The number of ether oxygens (including phenoxy) is 1. The number of benzene rings is 3. The molecule has 2 aliphatic carbocycles. The number of fused-ring (bicyclic) bond motifs is 4. The van der Waals surface area contributed by atoms with E-state index < -0.39 is 52.6 Å². The van der Waals surface area contributed by atoms with Gasteiger partial charge in [-0.15, -0.1) is 0 Å². The Kier molecular flexibility index (Phi) is 7.39. The lowest BCUT2D eigenvalue weighted by Gasteiger charge is -2.49. The van der Waals surface area contributed by atoms with E-state index in [1.165, 1.54) is 30.2 Å². The first-order valence-corrected chi connectivity index (χ1v) is 15.9. The maximum Gasteiger partial charge on any atom is 0.241 e. The molecule has 3 aromatic rings. The van der Waals surface area contributed by atoms with Crippen molar-refractivity contribution >= 4 is 40.9 Å². The van der Waals surface area contributed by atoms with Crippen LogP contribution in [0.1, 0.15) is 36.8 Å². The molecule has 242 valence electrons. The van der Waals surface area contributed by atoms with Gasteiger partial charge in [0.05, 0.1) is 41.0 Å². The number of likely N-dealkylation sites (tertiary alicyclic amines) is 1. The predicted octanol–water partition coefficient (Wildman–Crippen LogP) is 5.37. The third kappa shape index (κ3) is 4.64. The van der Waals surface area contributed by atoms with Gasteiger partial charge in [0.15, 0.2) is 11.5 Å². The highest BCUT2D eigenvalue weighted by atomic mass is 35.5. The number of methoxy groups -OCH3 is 1. The topological polar surface area (TPSA) is 124 Å². The van der Waals surface area contributed by atoms with Crippen molar-refractivity contribution in [3.8, 4) is 17.2 Å². The first kappa shape index (κ1) is 30.9. The Morgan fingerprint density at radius 3 is 2.38 bits per heavy atom. The molecule has 0 aromatic heterocycles. The highest BCUT2D eigenvalue weighted by Crippen LogP contribution is 2.64. The van der Waals surface area contributed by atoms with Crippen molar-refractivity contribution < 1.29 is 38.5 Å². The van der Waals surface area contributed by atoms with Crippen molar-refractivity contribution in [3.63, 3.8) is 0 Å². The molecule has 0 bridgehead atoms. The van der Waals surface area contributed by atoms with Crippen molar-refractivity contribution in [3.05, 3.63) is 94.3 Å². The number of allylic oxidation sites excluding steroid dienone is 2. The lowest BCUT2D eigenvalue weighted by molar-refractivity contribution is -0.140. The summed E-state index contributed by atoms with van der Waals surface area (Å²) in [5.41, 5.74) is 1.00. The zero-order valence-electron chi connectivity index (χ0n) is 25.7. The Morgan fingerprint density at radius 2 is 1.70 bits per heavy atom. The fourth-order valence-electron chi connectivity index (χ4n) is 8.34. The molecule has 4 aliphatic rings. The molecule has 6 atom stereocenters. The van der Waals surface area contributed by atoms with Crippen LogP contribution in [0.4, 0.5) is 10.1 Å². The Hall–Kier alpha value is -4.70. The van der Waals surface area contributed by atoms with E-state index in [1.807, 2.05) is 6.08 Å². The fraction of sp³-hybridized carbons (Fsp3) is 0.333. The number of anilines is 1. The number of rotatable bonds is 6. The number of amides is 4. The van der Waals surface area contributed by atoms with Crippen LogP contribution in [0.25, 0.3) is 0 Å². The lowest BCUT2D eigenvalue weighted by atomic mass is 9.51. The Morgan fingerprint density at radius 1 is 0.957 bits per heavy atom. The van der Waals surface area contributed by atoms with Crippen LogP contribution in [-0.4, -0.2) is 52.4 Å². The molecule has 1 saturated carbocycles. The number of carbonyl (C=O) groups is 4. The smallest absolute Gasteiger partial charge is 0.241 e. The summed E-state index contributed by atoms with van der Waals surface area (Å²) >= 11 is 6.06. The van der Waals surface area contributed by atoms with Gasteiger partial charge >= 0.3 is 0 Å². The summed E-state index contributed by atoms with van der Waals surface area (Å²) in [7, 11) is 1.42.